The average Bonchev–Trinajstić information content (AvgIpc) is 2.16. The fourth-order valence-electron chi connectivity index (χ4n) is 2.74. The van der Waals surface area contributed by atoms with Crippen molar-refractivity contribution in [1.29, 1.82) is 0 Å². The van der Waals surface area contributed by atoms with Crippen LogP contribution >= 0.6 is 0 Å². The molecule has 16 heavy (non-hydrogen) atoms. The topological polar surface area (TPSA) is 15.3 Å². The van der Waals surface area contributed by atoms with Gasteiger partial charge in [0.2, 0.25) is 0 Å². The Morgan fingerprint density at radius 1 is 1.25 bits per heavy atom. The van der Waals surface area contributed by atoms with Crippen molar-refractivity contribution in [3.8, 4) is 0 Å². The number of nitrogens with one attached hydrogen (secondary N) is 1. The molecule has 0 amide bonds. The Labute approximate surface area is 102 Å². The molecule has 1 saturated heterocycles. The molecule has 1 N–H and O–H groups in total. The van der Waals surface area contributed by atoms with Gasteiger partial charge in [-0.15, -0.1) is 0 Å². The minimum absolute atomic E-state index is 0.744. The largest absolute Gasteiger partial charge is 0.314 e. The lowest BCUT2D eigenvalue weighted by atomic mass is 10.0. The summed E-state index contributed by atoms with van der Waals surface area (Å²) in [6, 6.07) is 1.50. The lowest BCUT2D eigenvalue weighted by molar-refractivity contribution is 0.163. The number of rotatable bonds is 4. The van der Waals surface area contributed by atoms with Crippen LogP contribution in [-0.2, 0) is 0 Å². The van der Waals surface area contributed by atoms with Gasteiger partial charge in [-0.2, -0.15) is 0 Å². The maximum Gasteiger partial charge on any atom is 0.00766 e. The predicted octanol–water partition coefficient (Wildman–Crippen LogP) is 2.89. The first-order chi connectivity index (χ1) is 7.63. The molecule has 2 unspecified atom stereocenters. The molecule has 0 aromatic rings. The predicted molar refractivity (Wildman–Crippen MR) is 71.8 cm³/mol. The van der Waals surface area contributed by atoms with Crippen LogP contribution < -0.4 is 5.32 Å². The molecule has 1 fully saturated rings. The van der Waals surface area contributed by atoms with Crippen molar-refractivity contribution in [2.75, 3.05) is 19.6 Å². The minimum Gasteiger partial charge on any atom is -0.314 e. The second kappa shape index (κ2) is 7.29. The zero-order chi connectivity index (χ0) is 12.0. The van der Waals surface area contributed by atoms with Crippen molar-refractivity contribution in [3.63, 3.8) is 0 Å². The van der Waals surface area contributed by atoms with Crippen LogP contribution in [0.2, 0.25) is 0 Å². The van der Waals surface area contributed by atoms with E-state index in [4.69, 9.17) is 0 Å². The second-order valence-corrected chi connectivity index (χ2v) is 5.72. The third-order valence-electron chi connectivity index (χ3n) is 3.75. The standard InChI is InChI=1S/C14H30N2/c1-5-14-7-10-16(9-6-8-15-14)13(4)11-12(2)3/h12-15H,5-11H2,1-4H3. The van der Waals surface area contributed by atoms with Gasteiger partial charge in [0.15, 0.2) is 0 Å². The van der Waals surface area contributed by atoms with Gasteiger partial charge >= 0.3 is 0 Å². The summed E-state index contributed by atoms with van der Waals surface area (Å²) in [5, 5.41) is 3.64. The van der Waals surface area contributed by atoms with Gasteiger partial charge in [0, 0.05) is 12.1 Å². The molecule has 0 aromatic carbocycles. The first kappa shape index (κ1) is 14.0. The van der Waals surface area contributed by atoms with E-state index < -0.39 is 0 Å². The molecular weight excluding hydrogens is 196 g/mol. The highest BCUT2D eigenvalue weighted by atomic mass is 15.2. The number of hydrogen-bond acceptors (Lipinski definition) is 2. The van der Waals surface area contributed by atoms with Gasteiger partial charge in [0.1, 0.15) is 0 Å². The smallest absolute Gasteiger partial charge is 0.00766 e. The SMILES string of the molecule is CCC1CCN(C(C)CC(C)C)CCCN1. The summed E-state index contributed by atoms with van der Waals surface area (Å²) in [4.78, 5) is 2.70. The van der Waals surface area contributed by atoms with E-state index >= 15 is 0 Å². The van der Waals surface area contributed by atoms with E-state index in [1.165, 1.54) is 45.3 Å². The zero-order valence-electron chi connectivity index (χ0n) is 11.6. The molecule has 96 valence electrons. The normalized spacial score (nSPS) is 26.4. The van der Waals surface area contributed by atoms with E-state index in [1.807, 2.05) is 0 Å². The van der Waals surface area contributed by atoms with Gasteiger partial charge in [-0.05, 0) is 58.2 Å². The zero-order valence-corrected chi connectivity index (χ0v) is 11.6. The van der Waals surface area contributed by atoms with Crippen LogP contribution in [0.4, 0.5) is 0 Å². The van der Waals surface area contributed by atoms with Gasteiger partial charge in [-0.1, -0.05) is 20.8 Å². The Bertz CT molecular complexity index is 180. The molecule has 1 rings (SSSR count). The molecule has 0 spiro atoms. The van der Waals surface area contributed by atoms with Gasteiger partial charge < -0.3 is 10.2 Å². The van der Waals surface area contributed by atoms with Gasteiger partial charge in [-0.25, -0.2) is 0 Å². The summed E-state index contributed by atoms with van der Waals surface area (Å²) in [5.74, 6) is 0.820. The van der Waals surface area contributed by atoms with Crippen LogP contribution in [0.1, 0.15) is 53.4 Å². The number of nitrogens with zero attached hydrogens (tertiary/aromatic N) is 1. The Balaban J connectivity index is 2.39. The quantitative estimate of drug-likeness (QED) is 0.793. The van der Waals surface area contributed by atoms with E-state index in [2.05, 4.69) is 37.9 Å². The molecule has 0 aromatic heterocycles. The average molecular weight is 226 g/mol. The van der Waals surface area contributed by atoms with Gasteiger partial charge in [0.05, 0.1) is 0 Å². The molecule has 1 aliphatic heterocycles. The third-order valence-corrected chi connectivity index (χ3v) is 3.75. The lowest BCUT2D eigenvalue weighted by Crippen LogP contribution is -2.43. The van der Waals surface area contributed by atoms with Gasteiger partial charge in [0.25, 0.3) is 0 Å². The van der Waals surface area contributed by atoms with Crippen molar-refractivity contribution in [2.45, 2.75) is 65.5 Å². The summed E-state index contributed by atoms with van der Waals surface area (Å²) >= 11 is 0. The fraction of sp³-hybridized carbons (Fsp3) is 1.00. The Kier molecular flexibility index (Phi) is 6.37. The molecule has 2 heteroatoms. The van der Waals surface area contributed by atoms with E-state index in [0.717, 1.165) is 18.0 Å². The molecular formula is C14H30N2. The maximum absolute atomic E-state index is 3.64. The van der Waals surface area contributed by atoms with E-state index in [0.29, 0.717) is 0 Å². The summed E-state index contributed by atoms with van der Waals surface area (Å²) in [6.07, 6.45) is 5.23. The van der Waals surface area contributed by atoms with E-state index in [1.54, 1.807) is 0 Å². The van der Waals surface area contributed by atoms with Crippen molar-refractivity contribution in [2.24, 2.45) is 5.92 Å². The van der Waals surface area contributed by atoms with Gasteiger partial charge in [-0.3, -0.25) is 0 Å². The highest BCUT2D eigenvalue weighted by molar-refractivity contribution is 4.76. The van der Waals surface area contributed by atoms with E-state index in [9.17, 15) is 0 Å². The third kappa shape index (κ3) is 4.84. The van der Waals surface area contributed by atoms with Crippen molar-refractivity contribution in [3.05, 3.63) is 0 Å². The molecule has 1 heterocycles. The van der Waals surface area contributed by atoms with Crippen LogP contribution in [0.5, 0.6) is 0 Å². The van der Waals surface area contributed by atoms with Crippen LogP contribution in [0.15, 0.2) is 0 Å². The highest BCUT2D eigenvalue weighted by Crippen LogP contribution is 2.14. The Hall–Kier alpha value is -0.0800. The molecule has 0 aliphatic carbocycles. The highest BCUT2D eigenvalue weighted by Gasteiger charge is 2.18. The second-order valence-electron chi connectivity index (χ2n) is 5.72. The monoisotopic (exact) mass is 226 g/mol. The summed E-state index contributed by atoms with van der Waals surface area (Å²) < 4.78 is 0. The summed E-state index contributed by atoms with van der Waals surface area (Å²) in [5.41, 5.74) is 0. The first-order valence-corrected chi connectivity index (χ1v) is 7.11. The molecule has 2 atom stereocenters. The molecule has 0 saturated carbocycles. The maximum atomic E-state index is 3.64. The Morgan fingerprint density at radius 3 is 2.62 bits per heavy atom. The minimum atomic E-state index is 0.744. The van der Waals surface area contributed by atoms with E-state index in [-0.39, 0.29) is 0 Å². The van der Waals surface area contributed by atoms with Crippen molar-refractivity contribution < 1.29 is 0 Å². The first-order valence-electron chi connectivity index (χ1n) is 7.11. The Morgan fingerprint density at radius 2 is 2.00 bits per heavy atom. The summed E-state index contributed by atoms with van der Waals surface area (Å²) in [7, 11) is 0. The van der Waals surface area contributed by atoms with Crippen LogP contribution in [-0.4, -0.2) is 36.6 Å². The molecule has 2 nitrogen and oxygen atoms in total. The lowest BCUT2D eigenvalue weighted by Gasteiger charge is -2.34. The fourth-order valence-corrected chi connectivity index (χ4v) is 2.74. The van der Waals surface area contributed by atoms with Crippen LogP contribution in [0.25, 0.3) is 0 Å². The van der Waals surface area contributed by atoms with Crippen LogP contribution in [0.3, 0.4) is 0 Å². The molecule has 0 bridgehead atoms. The molecule has 1 aliphatic rings. The van der Waals surface area contributed by atoms with Crippen molar-refractivity contribution in [1.82, 2.24) is 10.2 Å². The molecule has 0 radical (unpaired) electrons. The van der Waals surface area contributed by atoms with Crippen LogP contribution in [0, 0.1) is 5.92 Å². The summed E-state index contributed by atoms with van der Waals surface area (Å²) in [6.45, 7) is 13.1. The number of hydrogen-bond donors (Lipinski definition) is 1. The van der Waals surface area contributed by atoms with Crippen molar-refractivity contribution >= 4 is 0 Å².